The van der Waals surface area contributed by atoms with Crippen LogP contribution in [0.5, 0.6) is 5.75 Å². The fraction of sp³-hybridized carbons (Fsp3) is 0.458. The number of halogens is 3. The zero-order valence-corrected chi connectivity index (χ0v) is 19.6. The predicted octanol–water partition coefficient (Wildman–Crippen LogP) is 4.39. The summed E-state index contributed by atoms with van der Waals surface area (Å²) in [5.74, 6) is 0.320. The van der Waals surface area contributed by atoms with Crippen LogP contribution >= 0.6 is 0 Å². The second-order valence-electron chi connectivity index (χ2n) is 8.91. The Morgan fingerprint density at radius 3 is 2.29 bits per heavy atom. The van der Waals surface area contributed by atoms with Gasteiger partial charge in [-0.05, 0) is 48.2 Å². The third kappa shape index (κ3) is 6.84. The number of amides is 1. The van der Waals surface area contributed by atoms with E-state index < -0.39 is 22.7 Å². The number of nitro benzene ring substituents is 1. The fourth-order valence-electron chi connectivity index (χ4n) is 4.05. The molecule has 35 heavy (non-hydrogen) atoms. The van der Waals surface area contributed by atoms with Crippen LogP contribution < -0.4 is 15.4 Å². The number of carbonyl (C=O) groups is 1. The van der Waals surface area contributed by atoms with Gasteiger partial charge in [0.15, 0.2) is 6.61 Å². The normalized spacial score (nSPS) is 15.3. The van der Waals surface area contributed by atoms with Gasteiger partial charge in [0.2, 0.25) is 0 Å². The summed E-state index contributed by atoms with van der Waals surface area (Å²) in [6, 6.07) is 8.57. The molecule has 1 amide bonds. The molecule has 0 spiro atoms. The predicted molar refractivity (Wildman–Crippen MR) is 125 cm³/mol. The van der Waals surface area contributed by atoms with E-state index in [0.29, 0.717) is 49.6 Å². The number of nitro groups is 1. The van der Waals surface area contributed by atoms with E-state index in [1.165, 1.54) is 30.3 Å². The summed E-state index contributed by atoms with van der Waals surface area (Å²) in [5, 5.41) is 10.7. The minimum atomic E-state index is -4.46. The highest BCUT2D eigenvalue weighted by atomic mass is 19.4. The van der Waals surface area contributed by atoms with Gasteiger partial charge in [-0.3, -0.25) is 14.9 Å². The van der Waals surface area contributed by atoms with Gasteiger partial charge in [-0.1, -0.05) is 13.8 Å². The van der Waals surface area contributed by atoms with Crippen LogP contribution in [-0.4, -0.2) is 48.5 Å². The third-order valence-corrected chi connectivity index (χ3v) is 5.86. The van der Waals surface area contributed by atoms with Crippen LogP contribution in [0.3, 0.4) is 0 Å². The van der Waals surface area contributed by atoms with E-state index in [4.69, 9.17) is 10.5 Å². The van der Waals surface area contributed by atoms with Crippen molar-refractivity contribution in [1.29, 1.82) is 0 Å². The third-order valence-electron chi connectivity index (χ3n) is 5.86. The van der Waals surface area contributed by atoms with Crippen LogP contribution in [0.15, 0.2) is 42.5 Å². The summed E-state index contributed by atoms with van der Waals surface area (Å²) in [7, 11) is 0. The number of piperazine rings is 1. The topological polar surface area (TPSA) is 102 Å². The number of non-ortho nitro benzene ring substituents is 1. The molecule has 0 unspecified atom stereocenters. The van der Waals surface area contributed by atoms with Gasteiger partial charge < -0.3 is 20.3 Å². The highest BCUT2D eigenvalue weighted by Crippen LogP contribution is 2.36. The first-order valence-corrected chi connectivity index (χ1v) is 11.3. The van der Waals surface area contributed by atoms with E-state index >= 15 is 0 Å². The summed E-state index contributed by atoms with van der Waals surface area (Å²) in [5.41, 5.74) is 6.60. The molecule has 1 aliphatic heterocycles. The zero-order valence-electron chi connectivity index (χ0n) is 19.6. The average Bonchev–Trinajstić information content (AvgIpc) is 2.81. The van der Waals surface area contributed by atoms with Crippen LogP contribution in [-0.2, 0) is 11.0 Å². The summed E-state index contributed by atoms with van der Waals surface area (Å²) in [6.45, 7) is 5.35. The molecule has 0 saturated carbocycles. The zero-order chi connectivity index (χ0) is 25.8. The largest absolute Gasteiger partial charge is 0.484 e. The van der Waals surface area contributed by atoms with Crippen molar-refractivity contribution in [2.24, 2.45) is 11.7 Å². The maximum atomic E-state index is 13.3. The van der Waals surface area contributed by atoms with Crippen LogP contribution in [0.2, 0.25) is 0 Å². The van der Waals surface area contributed by atoms with E-state index in [1.54, 1.807) is 4.90 Å². The maximum absolute atomic E-state index is 13.3. The molecule has 0 bridgehead atoms. The van der Waals surface area contributed by atoms with Crippen molar-refractivity contribution >= 4 is 17.3 Å². The van der Waals surface area contributed by atoms with Crippen molar-refractivity contribution in [3.05, 3.63) is 63.7 Å². The number of benzene rings is 2. The van der Waals surface area contributed by atoms with Crippen molar-refractivity contribution in [3.8, 4) is 5.75 Å². The van der Waals surface area contributed by atoms with Crippen molar-refractivity contribution in [2.45, 2.75) is 32.5 Å². The first kappa shape index (κ1) is 26.3. The first-order chi connectivity index (χ1) is 16.5. The first-order valence-electron chi connectivity index (χ1n) is 11.3. The number of anilines is 1. The minimum Gasteiger partial charge on any atom is -0.484 e. The molecule has 190 valence electrons. The number of ether oxygens (including phenoxy) is 1. The molecule has 0 aromatic heterocycles. The molecule has 1 fully saturated rings. The van der Waals surface area contributed by atoms with Gasteiger partial charge in [0, 0.05) is 50.0 Å². The molecule has 2 N–H and O–H groups in total. The van der Waals surface area contributed by atoms with Gasteiger partial charge in [0.05, 0.1) is 10.5 Å². The van der Waals surface area contributed by atoms with Crippen molar-refractivity contribution < 1.29 is 27.6 Å². The minimum absolute atomic E-state index is 0.0736. The van der Waals surface area contributed by atoms with Gasteiger partial charge >= 0.3 is 6.18 Å². The van der Waals surface area contributed by atoms with Crippen molar-refractivity contribution in [2.75, 3.05) is 37.7 Å². The molecule has 1 saturated heterocycles. The maximum Gasteiger partial charge on any atom is 0.416 e. The molecular formula is C24H29F3N4O4. The van der Waals surface area contributed by atoms with Crippen LogP contribution in [0, 0.1) is 16.0 Å². The van der Waals surface area contributed by atoms with Gasteiger partial charge in [-0.2, -0.15) is 13.2 Å². The molecule has 3 rings (SSSR count). The molecule has 2 aromatic carbocycles. The van der Waals surface area contributed by atoms with E-state index in [9.17, 15) is 28.1 Å². The Bertz CT molecular complexity index is 1040. The monoisotopic (exact) mass is 494 g/mol. The lowest BCUT2D eigenvalue weighted by atomic mass is 9.94. The Morgan fingerprint density at radius 1 is 1.11 bits per heavy atom. The van der Waals surface area contributed by atoms with E-state index in [0.717, 1.165) is 12.1 Å². The highest BCUT2D eigenvalue weighted by molar-refractivity contribution is 5.78. The Balaban J connectivity index is 1.63. The molecular weight excluding hydrogens is 465 g/mol. The molecule has 1 atom stereocenters. The number of alkyl halides is 3. The van der Waals surface area contributed by atoms with E-state index in [1.807, 2.05) is 18.7 Å². The standard InChI is InChI=1S/C24H29F3N4O4/c1-16(2)13-21(28)20-14-17(24(25,26)27)3-8-22(20)29-9-11-30(12-10-29)23(32)15-35-19-6-4-18(5-7-19)31(33)34/h3-8,14,16,21H,9-13,15,28H2,1-2H3/t21-/m0/s1. The van der Waals surface area contributed by atoms with E-state index in [2.05, 4.69) is 0 Å². The summed E-state index contributed by atoms with van der Waals surface area (Å²) >= 11 is 0. The number of hydrogen-bond acceptors (Lipinski definition) is 6. The lowest BCUT2D eigenvalue weighted by molar-refractivity contribution is -0.384. The number of rotatable bonds is 8. The molecule has 1 aliphatic rings. The highest BCUT2D eigenvalue weighted by Gasteiger charge is 2.33. The Kier molecular flexibility index (Phi) is 8.21. The summed E-state index contributed by atoms with van der Waals surface area (Å²) in [4.78, 5) is 26.4. The smallest absolute Gasteiger partial charge is 0.416 e. The Labute approximate surface area is 201 Å². The van der Waals surface area contributed by atoms with Gasteiger partial charge in [0.1, 0.15) is 5.75 Å². The summed E-state index contributed by atoms with van der Waals surface area (Å²) in [6.07, 6.45) is -3.91. The van der Waals surface area contributed by atoms with E-state index in [-0.39, 0.29) is 24.1 Å². The Hall–Kier alpha value is -3.34. The van der Waals surface area contributed by atoms with Crippen LogP contribution in [0.1, 0.15) is 37.4 Å². The molecule has 0 aliphatic carbocycles. The average molecular weight is 495 g/mol. The lowest BCUT2D eigenvalue weighted by Gasteiger charge is -2.37. The molecule has 1 heterocycles. The van der Waals surface area contributed by atoms with Crippen molar-refractivity contribution in [3.63, 3.8) is 0 Å². The molecule has 11 heteroatoms. The number of nitrogens with two attached hydrogens (primary N) is 1. The number of nitrogens with zero attached hydrogens (tertiary/aromatic N) is 3. The van der Waals surface area contributed by atoms with Crippen LogP contribution in [0.4, 0.5) is 24.5 Å². The van der Waals surface area contributed by atoms with Crippen molar-refractivity contribution in [1.82, 2.24) is 4.90 Å². The van der Waals surface area contributed by atoms with Gasteiger partial charge in [0.25, 0.3) is 11.6 Å². The fourth-order valence-corrected chi connectivity index (χ4v) is 4.05. The van der Waals surface area contributed by atoms with Gasteiger partial charge in [-0.25, -0.2) is 0 Å². The number of carbonyl (C=O) groups excluding carboxylic acids is 1. The SMILES string of the molecule is CC(C)C[C@H](N)c1cc(C(F)(F)F)ccc1N1CCN(C(=O)COc2ccc([N+](=O)[O-])cc2)CC1. The lowest BCUT2D eigenvalue weighted by Crippen LogP contribution is -2.50. The Morgan fingerprint density at radius 2 is 1.74 bits per heavy atom. The van der Waals surface area contributed by atoms with Crippen LogP contribution in [0.25, 0.3) is 0 Å². The quantitative estimate of drug-likeness (QED) is 0.432. The molecule has 0 radical (unpaired) electrons. The van der Waals surface area contributed by atoms with Gasteiger partial charge in [-0.15, -0.1) is 0 Å². The summed E-state index contributed by atoms with van der Waals surface area (Å²) < 4.78 is 45.4. The second kappa shape index (κ2) is 10.9. The molecule has 2 aromatic rings. The second-order valence-corrected chi connectivity index (χ2v) is 8.91. The molecule has 8 nitrogen and oxygen atoms in total. The number of hydrogen-bond donors (Lipinski definition) is 1.